The molecule has 0 saturated carbocycles. The molecule has 1 aliphatic heterocycles. The Morgan fingerprint density at radius 2 is 2.16 bits per heavy atom. The van der Waals surface area contributed by atoms with E-state index in [4.69, 9.17) is 0 Å². The summed E-state index contributed by atoms with van der Waals surface area (Å²) in [6.45, 7) is 3.04. The Bertz CT molecular complexity index is 995. The zero-order valence-corrected chi connectivity index (χ0v) is 14.7. The minimum Gasteiger partial charge on any atom is -0.361 e. The maximum absolute atomic E-state index is 12.1. The molecule has 1 fully saturated rings. The van der Waals surface area contributed by atoms with E-state index in [2.05, 4.69) is 51.5 Å². The Kier molecular flexibility index (Phi) is 3.22. The van der Waals surface area contributed by atoms with Crippen molar-refractivity contribution >= 4 is 10.9 Å². The van der Waals surface area contributed by atoms with E-state index >= 15 is 0 Å². The summed E-state index contributed by atoms with van der Waals surface area (Å²) < 4.78 is 0. The van der Waals surface area contributed by atoms with Crippen molar-refractivity contribution in [2.45, 2.75) is 38.1 Å². The molecule has 1 aliphatic carbocycles. The number of hydrogen-bond donors (Lipinski definition) is 3. The highest BCUT2D eigenvalue weighted by Gasteiger charge is 2.39. The molecule has 0 bridgehead atoms. The SMILES string of the molecule is Cc1[nH][nH]c(=O)c1C[C@@H]1C[C@@H]2c3cccc4[nH]cc(c34)C[C@H]2N(C)C1. The molecule has 0 unspecified atom stereocenters. The van der Waals surface area contributed by atoms with Crippen LogP contribution in [-0.4, -0.2) is 39.7 Å². The summed E-state index contributed by atoms with van der Waals surface area (Å²) in [6.07, 6.45) is 5.32. The third-order valence-electron chi connectivity index (χ3n) is 6.40. The highest BCUT2D eigenvalue weighted by Crippen LogP contribution is 2.44. The lowest BCUT2D eigenvalue weighted by atomic mass is 9.71. The van der Waals surface area contributed by atoms with Crippen LogP contribution in [0, 0.1) is 12.8 Å². The van der Waals surface area contributed by atoms with E-state index in [1.54, 1.807) is 0 Å². The quantitative estimate of drug-likeness (QED) is 0.673. The molecular weight excluding hydrogens is 312 g/mol. The van der Waals surface area contributed by atoms with Gasteiger partial charge in [0.05, 0.1) is 0 Å². The first-order valence-corrected chi connectivity index (χ1v) is 9.17. The minimum absolute atomic E-state index is 0.0425. The summed E-state index contributed by atoms with van der Waals surface area (Å²) in [6, 6.07) is 7.22. The summed E-state index contributed by atoms with van der Waals surface area (Å²) in [5.74, 6) is 1.06. The maximum Gasteiger partial charge on any atom is 0.267 e. The fraction of sp³-hybridized carbons (Fsp3) is 0.450. The number of nitrogens with one attached hydrogen (secondary N) is 3. The number of aryl methyl sites for hydroxylation is 1. The summed E-state index contributed by atoms with van der Waals surface area (Å²) in [7, 11) is 2.25. The molecule has 5 heteroatoms. The van der Waals surface area contributed by atoms with Gasteiger partial charge in [0, 0.05) is 46.9 Å². The van der Waals surface area contributed by atoms with Gasteiger partial charge in [-0.2, -0.15) is 0 Å². The largest absolute Gasteiger partial charge is 0.361 e. The summed E-state index contributed by atoms with van der Waals surface area (Å²) in [5.41, 5.74) is 6.15. The molecule has 130 valence electrons. The fourth-order valence-corrected chi connectivity index (χ4v) is 5.21. The summed E-state index contributed by atoms with van der Waals surface area (Å²) in [4.78, 5) is 18.0. The zero-order chi connectivity index (χ0) is 17.1. The molecule has 0 spiro atoms. The van der Waals surface area contributed by atoms with Gasteiger partial charge in [-0.3, -0.25) is 9.89 Å². The molecular formula is C20H24N4O. The zero-order valence-electron chi connectivity index (χ0n) is 14.7. The van der Waals surface area contributed by atoms with Gasteiger partial charge in [-0.05, 0) is 56.3 Å². The predicted molar refractivity (Wildman–Crippen MR) is 99.1 cm³/mol. The average Bonchev–Trinajstić information content (AvgIpc) is 3.16. The Morgan fingerprint density at radius 3 is 2.96 bits per heavy atom. The highest BCUT2D eigenvalue weighted by atomic mass is 16.1. The van der Waals surface area contributed by atoms with Gasteiger partial charge in [0.15, 0.2) is 0 Å². The van der Waals surface area contributed by atoms with E-state index in [-0.39, 0.29) is 5.56 Å². The van der Waals surface area contributed by atoms with Crippen molar-refractivity contribution in [3.63, 3.8) is 0 Å². The Balaban J connectivity index is 1.51. The van der Waals surface area contributed by atoms with Crippen LogP contribution >= 0.6 is 0 Å². The molecule has 3 aromatic rings. The molecule has 3 N–H and O–H groups in total. The van der Waals surface area contributed by atoms with E-state index in [0.717, 1.165) is 37.1 Å². The van der Waals surface area contributed by atoms with Crippen molar-refractivity contribution < 1.29 is 0 Å². The van der Waals surface area contributed by atoms with E-state index in [1.807, 2.05) is 6.92 Å². The van der Waals surface area contributed by atoms with E-state index in [1.165, 1.54) is 22.0 Å². The fourth-order valence-electron chi connectivity index (χ4n) is 5.21. The van der Waals surface area contributed by atoms with E-state index in [0.29, 0.717) is 17.9 Å². The molecule has 0 radical (unpaired) electrons. The van der Waals surface area contributed by atoms with Gasteiger partial charge in [0.25, 0.3) is 5.56 Å². The number of likely N-dealkylation sites (tertiary alicyclic amines) is 1. The molecule has 5 rings (SSSR count). The van der Waals surface area contributed by atoms with Crippen molar-refractivity contribution in [1.29, 1.82) is 0 Å². The molecule has 1 aromatic carbocycles. The third-order valence-corrected chi connectivity index (χ3v) is 6.40. The lowest BCUT2D eigenvalue weighted by Crippen LogP contribution is -2.48. The average molecular weight is 336 g/mol. The van der Waals surface area contributed by atoms with Crippen LogP contribution in [0.1, 0.15) is 34.7 Å². The molecule has 0 amide bonds. The molecule has 25 heavy (non-hydrogen) atoms. The van der Waals surface area contributed by atoms with Crippen molar-refractivity contribution in [2.75, 3.05) is 13.6 Å². The van der Waals surface area contributed by atoms with Crippen LogP contribution in [0.2, 0.25) is 0 Å². The number of piperidine rings is 1. The molecule has 2 aliphatic rings. The molecule has 5 nitrogen and oxygen atoms in total. The summed E-state index contributed by atoms with van der Waals surface area (Å²) in [5, 5.41) is 7.12. The van der Waals surface area contributed by atoms with Crippen LogP contribution < -0.4 is 5.56 Å². The molecule has 3 heterocycles. The maximum atomic E-state index is 12.1. The second kappa shape index (κ2) is 5.36. The van der Waals surface area contributed by atoms with Gasteiger partial charge >= 0.3 is 0 Å². The number of aromatic amines is 3. The van der Waals surface area contributed by atoms with Crippen LogP contribution in [0.5, 0.6) is 0 Å². The number of fused-ring (bicyclic) bond motifs is 2. The van der Waals surface area contributed by atoms with Crippen LogP contribution in [-0.2, 0) is 12.8 Å². The van der Waals surface area contributed by atoms with E-state index in [9.17, 15) is 4.79 Å². The predicted octanol–water partition coefficient (Wildman–Crippen LogP) is 2.70. The van der Waals surface area contributed by atoms with Gasteiger partial charge in [-0.25, -0.2) is 0 Å². The lowest BCUT2D eigenvalue weighted by molar-refractivity contribution is 0.111. The molecule has 2 aromatic heterocycles. The number of aromatic nitrogens is 3. The van der Waals surface area contributed by atoms with Gasteiger partial charge < -0.3 is 15.0 Å². The number of H-pyrrole nitrogens is 3. The first kappa shape index (κ1) is 15.0. The standard InChI is InChI=1S/C20H24N4O/c1-11-15(20(25)23-22-11)6-12-7-16-14-4-3-5-17-19(14)13(9-21-17)8-18(16)24(2)10-12/h3-5,9,12,16,18,21H,6-8,10H2,1-2H3,(H2,22,23,25)/t12-,16-,18-/m1/s1. The second-order valence-electron chi connectivity index (χ2n) is 7.89. The van der Waals surface area contributed by atoms with E-state index < -0.39 is 0 Å². The van der Waals surface area contributed by atoms with Crippen LogP contribution in [0.25, 0.3) is 10.9 Å². The monoisotopic (exact) mass is 336 g/mol. The Morgan fingerprint density at radius 1 is 1.28 bits per heavy atom. The third kappa shape index (κ3) is 2.22. The minimum atomic E-state index is 0.0425. The van der Waals surface area contributed by atoms with Crippen LogP contribution in [0.3, 0.4) is 0 Å². The first-order chi connectivity index (χ1) is 12.1. The highest BCUT2D eigenvalue weighted by molar-refractivity contribution is 5.88. The Hall–Kier alpha value is -2.27. The van der Waals surface area contributed by atoms with Gasteiger partial charge in [0.2, 0.25) is 0 Å². The number of likely N-dealkylation sites (N-methyl/N-ethyl adjacent to an activating group) is 1. The number of nitrogens with zero attached hydrogens (tertiary/aromatic N) is 1. The summed E-state index contributed by atoms with van der Waals surface area (Å²) >= 11 is 0. The topological polar surface area (TPSA) is 67.7 Å². The molecule has 1 saturated heterocycles. The molecule has 3 atom stereocenters. The smallest absolute Gasteiger partial charge is 0.267 e. The van der Waals surface area contributed by atoms with Gasteiger partial charge in [0.1, 0.15) is 0 Å². The van der Waals surface area contributed by atoms with Crippen molar-refractivity contribution in [1.82, 2.24) is 20.1 Å². The number of benzene rings is 1. The lowest BCUT2D eigenvalue weighted by Gasteiger charge is -2.45. The Labute approximate surface area is 146 Å². The van der Waals surface area contributed by atoms with Gasteiger partial charge in [-0.15, -0.1) is 0 Å². The van der Waals surface area contributed by atoms with Crippen LogP contribution in [0.4, 0.5) is 0 Å². The van der Waals surface area contributed by atoms with Crippen molar-refractivity contribution in [3.05, 3.63) is 57.1 Å². The van der Waals surface area contributed by atoms with Crippen molar-refractivity contribution in [2.24, 2.45) is 5.92 Å². The number of hydrogen-bond acceptors (Lipinski definition) is 2. The number of rotatable bonds is 2. The normalized spacial score (nSPS) is 26.1. The van der Waals surface area contributed by atoms with Crippen LogP contribution in [0.15, 0.2) is 29.2 Å². The first-order valence-electron chi connectivity index (χ1n) is 9.17. The van der Waals surface area contributed by atoms with Crippen molar-refractivity contribution in [3.8, 4) is 0 Å². The second-order valence-corrected chi connectivity index (χ2v) is 7.89. The van der Waals surface area contributed by atoms with Gasteiger partial charge in [-0.1, -0.05) is 12.1 Å².